The van der Waals surface area contributed by atoms with Gasteiger partial charge < -0.3 is 8.83 Å². The predicted molar refractivity (Wildman–Crippen MR) is 64.7 cm³/mol. The zero-order chi connectivity index (χ0) is 8.72. The molecule has 0 unspecified atom stereocenters. The van der Waals surface area contributed by atoms with Crippen molar-refractivity contribution < 1.29 is 8.83 Å². The molecule has 0 saturated heterocycles. The van der Waals surface area contributed by atoms with Crippen LogP contribution in [-0.4, -0.2) is 0 Å². The zero-order valence-corrected chi connectivity index (χ0v) is 10.8. The Morgan fingerprint density at radius 1 is 1.17 bits per heavy atom. The quantitative estimate of drug-likeness (QED) is 0.492. The van der Waals surface area contributed by atoms with Crippen LogP contribution in [0.2, 0.25) is 0 Å². The fourth-order valence-electron chi connectivity index (χ4n) is 0.906. The second kappa shape index (κ2) is 3.26. The van der Waals surface area contributed by atoms with E-state index in [2.05, 4.69) is 45.2 Å². The lowest BCUT2D eigenvalue weighted by Crippen LogP contribution is -1.75. The number of rotatable bonds is 0. The highest BCUT2D eigenvalue weighted by molar-refractivity contribution is 14.1. The van der Waals surface area contributed by atoms with Gasteiger partial charge in [0.05, 0.1) is 3.57 Å². The van der Waals surface area contributed by atoms with Crippen molar-refractivity contribution in [2.24, 2.45) is 0 Å². The SMILES string of the molecule is S=c1oc2cc(I)cc(I)c2o1. The number of benzene rings is 1. The summed E-state index contributed by atoms with van der Waals surface area (Å²) in [6, 6.07) is 3.91. The molecular formula is C7H2I2O2S. The van der Waals surface area contributed by atoms with Crippen LogP contribution in [0, 0.1) is 12.0 Å². The second-order valence-corrected chi connectivity index (χ2v) is 4.91. The lowest BCUT2D eigenvalue weighted by Gasteiger charge is -1.91. The van der Waals surface area contributed by atoms with Gasteiger partial charge in [-0.25, -0.2) is 0 Å². The first-order chi connectivity index (χ1) is 5.66. The van der Waals surface area contributed by atoms with Gasteiger partial charge in [-0.2, -0.15) is 0 Å². The summed E-state index contributed by atoms with van der Waals surface area (Å²) in [6.45, 7) is 0. The molecule has 0 atom stereocenters. The first-order valence-electron chi connectivity index (χ1n) is 3.05. The van der Waals surface area contributed by atoms with Crippen LogP contribution in [0.4, 0.5) is 0 Å². The van der Waals surface area contributed by atoms with Gasteiger partial charge in [-0.1, -0.05) is 0 Å². The van der Waals surface area contributed by atoms with Gasteiger partial charge in [0.15, 0.2) is 11.2 Å². The minimum absolute atomic E-state index is 0.185. The van der Waals surface area contributed by atoms with E-state index >= 15 is 0 Å². The third kappa shape index (κ3) is 1.53. The normalized spacial score (nSPS) is 10.8. The van der Waals surface area contributed by atoms with Gasteiger partial charge in [0, 0.05) is 15.8 Å². The molecule has 0 N–H and O–H groups in total. The van der Waals surface area contributed by atoms with Crippen molar-refractivity contribution in [1.29, 1.82) is 0 Å². The first kappa shape index (κ1) is 8.95. The van der Waals surface area contributed by atoms with Crippen LogP contribution in [0.3, 0.4) is 0 Å². The van der Waals surface area contributed by atoms with Crippen molar-refractivity contribution in [2.45, 2.75) is 0 Å². The molecule has 0 aliphatic carbocycles. The molecule has 0 aliphatic rings. The largest absolute Gasteiger partial charge is 0.413 e. The first-order valence-corrected chi connectivity index (χ1v) is 5.62. The van der Waals surface area contributed by atoms with E-state index < -0.39 is 0 Å². The van der Waals surface area contributed by atoms with E-state index in [4.69, 9.17) is 21.1 Å². The summed E-state index contributed by atoms with van der Waals surface area (Å²) in [6.07, 6.45) is 0. The summed E-state index contributed by atoms with van der Waals surface area (Å²) < 4.78 is 12.5. The monoisotopic (exact) mass is 404 g/mol. The number of fused-ring (bicyclic) bond motifs is 1. The summed E-state index contributed by atoms with van der Waals surface area (Å²) in [7, 11) is 0. The van der Waals surface area contributed by atoms with E-state index in [1.54, 1.807) is 0 Å². The second-order valence-electron chi connectivity index (χ2n) is 2.17. The standard InChI is InChI=1S/C7H2I2O2S/c8-3-1-4(9)6-5(2-3)10-7(12)11-6/h1-2H. The Balaban J connectivity index is 2.97. The van der Waals surface area contributed by atoms with Gasteiger partial charge in [0.25, 0.3) is 0 Å². The molecule has 0 radical (unpaired) electrons. The van der Waals surface area contributed by atoms with Crippen LogP contribution in [0.15, 0.2) is 21.0 Å². The van der Waals surface area contributed by atoms with Crippen LogP contribution < -0.4 is 0 Å². The molecule has 5 heteroatoms. The van der Waals surface area contributed by atoms with Gasteiger partial charge in [-0.15, -0.1) is 0 Å². The van der Waals surface area contributed by atoms with Gasteiger partial charge in [0.2, 0.25) is 0 Å². The van der Waals surface area contributed by atoms with Gasteiger partial charge in [-0.05, 0) is 57.3 Å². The topological polar surface area (TPSA) is 26.3 Å². The summed E-state index contributed by atoms with van der Waals surface area (Å²) >= 11 is 9.19. The van der Waals surface area contributed by atoms with Crippen molar-refractivity contribution in [2.75, 3.05) is 0 Å². The molecule has 12 heavy (non-hydrogen) atoms. The molecule has 0 aliphatic heterocycles. The van der Waals surface area contributed by atoms with E-state index in [0.29, 0.717) is 0 Å². The van der Waals surface area contributed by atoms with Crippen molar-refractivity contribution in [3.8, 4) is 0 Å². The third-order valence-corrected chi connectivity index (χ3v) is 2.94. The van der Waals surface area contributed by atoms with Gasteiger partial charge in [0.1, 0.15) is 0 Å². The Morgan fingerprint density at radius 3 is 2.67 bits per heavy atom. The van der Waals surface area contributed by atoms with Crippen LogP contribution in [-0.2, 0) is 0 Å². The minimum atomic E-state index is 0.185. The Kier molecular flexibility index (Phi) is 2.43. The lowest BCUT2D eigenvalue weighted by molar-refractivity contribution is 0.443. The third-order valence-electron chi connectivity index (χ3n) is 1.35. The maximum Gasteiger partial charge on any atom is 0.363 e. The average Bonchev–Trinajstić information content (AvgIpc) is 2.29. The number of halogens is 2. The minimum Gasteiger partial charge on any atom is -0.413 e. The maximum atomic E-state index is 5.19. The Labute approximate surface area is 101 Å². The van der Waals surface area contributed by atoms with Crippen molar-refractivity contribution in [3.05, 3.63) is 24.2 Å². The molecule has 2 aromatic rings. The van der Waals surface area contributed by atoms with E-state index in [1.165, 1.54) is 0 Å². The maximum absolute atomic E-state index is 5.19. The fourth-order valence-corrected chi connectivity index (χ4v) is 2.98. The molecule has 0 bridgehead atoms. The van der Waals surface area contributed by atoms with Crippen LogP contribution in [0.25, 0.3) is 11.2 Å². The van der Waals surface area contributed by atoms with Crippen molar-refractivity contribution in [3.63, 3.8) is 0 Å². The molecular weight excluding hydrogens is 402 g/mol. The van der Waals surface area contributed by atoms with Gasteiger partial charge in [-0.3, -0.25) is 0 Å². The molecule has 1 aromatic carbocycles. The van der Waals surface area contributed by atoms with Crippen LogP contribution in [0.1, 0.15) is 0 Å². The van der Waals surface area contributed by atoms with Gasteiger partial charge >= 0.3 is 4.90 Å². The lowest BCUT2D eigenvalue weighted by atomic mass is 10.3. The molecule has 1 heterocycles. The fraction of sp³-hybridized carbons (Fsp3) is 0. The summed E-state index contributed by atoms with van der Waals surface area (Å²) in [5.41, 5.74) is 1.46. The molecule has 0 fully saturated rings. The molecule has 0 saturated carbocycles. The molecule has 2 rings (SSSR count). The Morgan fingerprint density at radius 2 is 1.92 bits per heavy atom. The summed E-state index contributed by atoms with van der Waals surface area (Å²) in [4.78, 5) is 0.185. The highest BCUT2D eigenvalue weighted by Crippen LogP contribution is 2.25. The van der Waals surface area contributed by atoms with Crippen LogP contribution in [0.5, 0.6) is 0 Å². The molecule has 0 spiro atoms. The van der Waals surface area contributed by atoms with Crippen molar-refractivity contribution >= 4 is 68.6 Å². The summed E-state index contributed by atoms with van der Waals surface area (Å²) in [5, 5.41) is 0. The number of hydrogen-bond acceptors (Lipinski definition) is 3. The van der Waals surface area contributed by atoms with E-state index in [0.717, 1.165) is 18.3 Å². The van der Waals surface area contributed by atoms with E-state index in [9.17, 15) is 0 Å². The molecule has 1 aromatic heterocycles. The highest BCUT2D eigenvalue weighted by atomic mass is 127. The molecule has 62 valence electrons. The molecule has 2 nitrogen and oxygen atoms in total. The Hall–Kier alpha value is 0.370. The number of hydrogen-bond donors (Lipinski definition) is 0. The zero-order valence-electron chi connectivity index (χ0n) is 5.64. The smallest absolute Gasteiger partial charge is 0.363 e. The Bertz CT molecular complexity index is 486. The van der Waals surface area contributed by atoms with E-state index in [-0.39, 0.29) is 4.90 Å². The average molecular weight is 404 g/mol. The summed E-state index contributed by atoms with van der Waals surface area (Å²) in [5.74, 6) is 0. The highest BCUT2D eigenvalue weighted by Gasteiger charge is 2.06. The van der Waals surface area contributed by atoms with Crippen LogP contribution >= 0.6 is 57.4 Å². The van der Waals surface area contributed by atoms with Crippen molar-refractivity contribution in [1.82, 2.24) is 0 Å². The van der Waals surface area contributed by atoms with E-state index in [1.807, 2.05) is 12.1 Å². The molecule has 0 amide bonds. The predicted octanol–water partition coefficient (Wildman–Crippen LogP) is 3.96.